The second-order valence-electron chi connectivity index (χ2n) is 3.22. The number of aromatic nitrogens is 1. The number of nitrogens with two attached hydrogens (primary N) is 1. The van der Waals surface area contributed by atoms with Crippen LogP contribution in [0, 0.1) is 0 Å². The van der Waals surface area contributed by atoms with Crippen molar-refractivity contribution in [3.8, 4) is 0 Å². The molecule has 0 fully saturated rings. The first-order valence-electron chi connectivity index (χ1n) is 4.82. The predicted molar refractivity (Wildman–Crippen MR) is 66.2 cm³/mol. The molecule has 0 saturated carbocycles. The van der Waals surface area contributed by atoms with Crippen molar-refractivity contribution in [1.82, 2.24) is 4.98 Å². The van der Waals surface area contributed by atoms with E-state index in [4.69, 9.17) is 17.3 Å². The summed E-state index contributed by atoms with van der Waals surface area (Å²) in [5.74, 6) is 2.01. The number of hydrogen-bond acceptors (Lipinski definition) is 4. The first kappa shape index (κ1) is 12.6. The summed E-state index contributed by atoms with van der Waals surface area (Å²) < 4.78 is 0. The maximum atomic E-state index is 9.85. The molecule has 3 N–H and O–H groups in total. The molecule has 0 bridgehead atoms. The quantitative estimate of drug-likeness (QED) is 0.784. The molecule has 15 heavy (non-hydrogen) atoms. The molecule has 0 aliphatic heterocycles. The molecule has 1 aromatic heterocycles. The summed E-state index contributed by atoms with van der Waals surface area (Å²) in [5, 5.41) is 10.4. The van der Waals surface area contributed by atoms with Crippen molar-refractivity contribution >= 4 is 29.2 Å². The van der Waals surface area contributed by atoms with Crippen LogP contribution < -0.4 is 5.73 Å². The van der Waals surface area contributed by atoms with Gasteiger partial charge in [0.25, 0.3) is 0 Å². The zero-order chi connectivity index (χ0) is 11.3. The first-order chi connectivity index (χ1) is 7.15. The minimum absolute atomic E-state index is 0.351. The number of anilines is 1. The maximum absolute atomic E-state index is 9.85. The SMILES string of the molecule is CCCSCC(O)c1cc(Cl)cnc1N. The standard InChI is InChI=1S/C10H15ClN2OS/c1-2-3-15-6-9(14)8-4-7(11)5-13-10(8)12/h4-5,9,14H,2-3,6H2,1H3,(H2,12,13). The van der Waals surface area contributed by atoms with E-state index in [0.717, 1.165) is 12.2 Å². The van der Waals surface area contributed by atoms with E-state index in [1.165, 1.54) is 6.20 Å². The van der Waals surface area contributed by atoms with Gasteiger partial charge in [0.05, 0.1) is 11.1 Å². The van der Waals surface area contributed by atoms with Crippen LogP contribution in [-0.4, -0.2) is 21.6 Å². The van der Waals surface area contributed by atoms with Gasteiger partial charge in [0.15, 0.2) is 0 Å². The highest BCUT2D eigenvalue weighted by Crippen LogP contribution is 2.24. The van der Waals surface area contributed by atoms with Crippen LogP contribution in [0.2, 0.25) is 5.02 Å². The Kier molecular flexibility index (Phi) is 5.22. The summed E-state index contributed by atoms with van der Waals surface area (Å²) in [6.07, 6.45) is 1.99. The molecule has 1 aromatic rings. The lowest BCUT2D eigenvalue weighted by atomic mass is 10.2. The Morgan fingerprint density at radius 1 is 1.67 bits per heavy atom. The highest BCUT2D eigenvalue weighted by molar-refractivity contribution is 7.99. The Balaban J connectivity index is 2.64. The molecule has 0 saturated heterocycles. The van der Waals surface area contributed by atoms with Gasteiger partial charge in [-0.2, -0.15) is 11.8 Å². The van der Waals surface area contributed by atoms with Crippen LogP contribution in [0.25, 0.3) is 0 Å². The summed E-state index contributed by atoms with van der Waals surface area (Å²) >= 11 is 7.48. The van der Waals surface area contributed by atoms with Gasteiger partial charge in [-0.25, -0.2) is 4.98 Å². The third-order valence-corrected chi connectivity index (χ3v) is 3.35. The summed E-state index contributed by atoms with van der Waals surface area (Å²) in [5.41, 5.74) is 6.27. The van der Waals surface area contributed by atoms with E-state index in [2.05, 4.69) is 11.9 Å². The van der Waals surface area contributed by atoms with E-state index in [1.54, 1.807) is 17.8 Å². The maximum Gasteiger partial charge on any atom is 0.129 e. The number of halogens is 1. The van der Waals surface area contributed by atoms with Crippen LogP contribution in [0.15, 0.2) is 12.3 Å². The Morgan fingerprint density at radius 3 is 3.07 bits per heavy atom. The number of rotatable bonds is 5. The zero-order valence-corrected chi connectivity index (χ0v) is 10.2. The van der Waals surface area contributed by atoms with Gasteiger partial charge in [-0.15, -0.1) is 0 Å². The number of thioether (sulfide) groups is 1. The van der Waals surface area contributed by atoms with Gasteiger partial charge in [0.2, 0.25) is 0 Å². The largest absolute Gasteiger partial charge is 0.387 e. The Morgan fingerprint density at radius 2 is 2.40 bits per heavy atom. The third kappa shape index (κ3) is 3.89. The monoisotopic (exact) mass is 246 g/mol. The highest BCUT2D eigenvalue weighted by Gasteiger charge is 2.12. The van der Waals surface area contributed by atoms with Crippen molar-refractivity contribution in [2.45, 2.75) is 19.4 Å². The normalized spacial score (nSPS) is 12.7. The van der Waals surface area contributed by atoms with Crippen molar-refractivity contribution in [3.63, 3.8) is 0 Å². The topological polar surface area (TPSA) is 59.1 Å². The minimum Gasteiger partial charge on any atom is -0.387 e. The Hall–Kier alpha value is -0.450. The van der Waals surface area contributed by atoms with E-state index in [9.17, 15) is 5.11 Å². The third-order valence-electron chi connectivity index (χ3n) is 1.90. The van der Waals surface area contributed by atoms with Crippen LogP contribution in [0.4, 0.5) is 5.82 Å². The molecule has 84 valence electrons. The average molecular weight is 247 g/mol. The van der Waals surface area contributed by atoms with Gasteiger partial charge in [0, 0.05) is 17.5 Å². The zero-order valence-electron chi connectivity index (χ0n) is 8.61. The van der Waals surface area contributed by atoms with Crippen molar-refractivity contribution in [2.24, 2.45) is 0 Å². The van der Waals surface area contributed by atoms with Crippen LogP contribution in [0.5, 0.6) is 0 Å². The number of nitrogens with zero attached hydrogens (tertiary/aromatic N) is 1. The van der Waals surface area contributed by atoms with E-state index in [0.29, 0.717) is 22.2 Å². The molecule has 5 heteroatoms. The second-order valence-corrected chi connectivity index (χ2v) is 4.80. The van der Waals surface area contributed by atoms with Gasteiger partial charge < -0.3 is 10.8 Å². The minimum atomic E-state index is -0.590. The van der Waals surface area contributed by atoms with Crippen molar-refractivity contribution < 1.29 is 5.11 Å². The van der Waals surface area contributed by atoms with E-state index < -0.39 is 6.10 Å². The first-order valence-corrected chi connectivity index (χ1v) is 6.35. The molecule has 0 aliphatic carbocycles. The molecular formula is C10H15ClN2OS. The molecule has 1 atom stereocenters. The van der Waals surface area contributed by atoms with Gasteiger partial charge in [-0.05, 0) is 18.2 Å². The fourth-order valence-electron chi connectivity index (χ4n) is 1.16. The number of nitrogen functional groups attached to an aromatic ring is 1. The fourth-order valence-corrected chi connectivity index (χ4v) is 2.19. The van der Waals surface area contributed by atoms with Crippen LogP contribution in [-0.2, 0) is 0 Å². The molecule has 0 amide bonds. The fraction of sp³-hybridized carbons (Fsp3) is 0.500. The Labute approximate surface area is 99.0 Å². The predicted octanol–water partition coefficient (Wildman–Crippen LogP) is 2.49. The summed E-state index contributed by atoms with van der Waals surface area (Å²) in [4.78, 5) is 3.90. The number of pyridine rings is 1. The van der Waals surface area contributed by atoms with Gasteiger partial charge in [-0.3, -0.25) is 0 Å². The van der Waals surface area contributed by atoms with E-state index in [-0.39, 0.29) is 0 Å². The van der Waals surface area contributed by atoms with Crippen LogP contribution in [0.3, 0.4) is 0 Å². The molecule has 0 radical (unpaired) electrons. The summed E-state index contributed by atoms with van der Waals surface area (Å²) in [6, 6.07) is 1.67. The van der Waals surface area contributed by atoms with E-state index >= 15 is 0 Å². The average Bonchev–Trinajstić information content (AvgIpc) is 2.22. The van der Waals surface area contributed by atoms with Crippen LogP contribution >= 0.6 is 23.4 Å². The van der Waals surface area contributed by atoms with Gasteiger partial charge >= 0.3 is 0 Å². The molecule has 3 nitrogen and oxygen atoms in total. The molecule has 0 aliphatic rings. The van der Waals surface area contributed by atoms with E-state index in [1.807, 2.05) is 0 Å². The van der Waals surface area contributed by atoms with Crippen molar-refractivity contribution in [1.29, 1.82) is 0 Å². The lowest BCUT2D eigenvalue weighted by molar-refractivity contribution is 0.204. The summed E-state index contributed by atoms with van der Waals surface area (Å²) in [6.45, 7) is 2.11. The lowest BCUT2D eigenvalue weighted by Crippen LogP contribution is -2.06. The second kappa shape index (κ2) is 6.20. The summed E-state index contributed by atoms with van der Waals surface area (Å²) in [7, 11) is 0. The van der Waals surface area contributed by atoms with Gasteiger partial charge in [-0.1, -0.05) is 18.5 Å². The van der Waals surface area contributed by atoms with Crippen molar-refractivity contribution in [3.05, 3.63) is 22.8 Å². The smallest absolute Gasteiger partial charge is 0.129 e. The molecule has 1 rings (SSSR count). The number of hydrogen-bond donors (Lipinski definition) is 2. The lowest BCUT2D eigenvalue weighted by Gasteiger charge is -2.12. The molecule has 0 aromatic carbocycles. The molecule has 0 spiro atoms. The molecule has 1 unspecified atom stereocenters. The van der Waals surface area contributed by atoms with Gasteiger partial charge in [0.1, 0.15) is 5.82 Å². The highest BCUT2D eigenvalue weighted by atomic mass is 35.5. The van der Waals surface area contributed by atoms with Crippen molar-refractivity contribution in [2.75, 3.05) is 17.2 Å². The van der Waals surface area contributed by atoms with Crippen LogP contribution in [0.1, 0.15) is 25.0 Å². The number of aliphatic hydroxyl groups excluding tert-OH is 1. The number of aliphatic hydroxyl groups is 1. The molecular weight excluding hydrogens is 232 g/mol. The Bertz CT molecular complexity index is 322. The molecule has 1 heterocycles.